The fourth-order valence-corrected chi connectivity index (χ4v) is 6.10. The first kappa shape index (κ1) is 28.9. The second-order valence-electron chi connectivity index (χ2n) is 9.22. The fourth-order valence-electron chi connectivity index (χ4n) is 4.56. The summed E-state index contributed by atoms with van der Waals surface area (Å²) >= 11 is 14.2. The maximum Gasteiger partial charge on any atom is 0.258 e. The van der Waals surface area contributed by atoms with Gasteiger partial charge in [0.2, 0.25) is 0 Å². The minimum Gasteiger partial charge on any atom is -0.495 e. The van der Waals surface area contributed by atoms with E-state index in [0.29, 0.717) is 38.7 Å². The van der Waals surface area contributed by atoms with Crippen molar-refractivity contribution in [3.05, 3.63) is 63.2 Å². The Labute approximate surface area is 251 Å². The van der Waals surface area contributed by atoms with E-state index in [9.17, 15) is 9.59 Å². The first-order valence-corrected chi connectivity index (χ1v) is 14.5. The van der Waals surface area contributed by atoms with Gasteiger partial charge in [-0.25, -0.2) is 9.97 Å². The highest BCUT2D eigenvalue weighted by molar-refractivity contribution is 7.18. The lowest BCUT2D eigenvalue weighted by molar-refractivity contribution is 0.0643. The molecule has 0 atom stereocenters. The summed E-state index contributed by atoms with van der Waals surface area (Å²) in [7, 11) is 2.91. The number of amides is 2. The van der Waals surface area contributed by atoms with Crippen molar-refractivity contribution in [1.82, 2.24) is 19.8 Å². The third kappa shape index (κ3) is 5.89. The van der Waals surface area contributed by atoms with E-state index in [2.05, 4.69) is 32.4 Å². The number of halogens is 2. The normalized spacial score (nSPS) is 13.7. The molecule has 13 heteroatoms. The number of likely N-dealkylation sites (N-methyl/N-ethyl adjacent to an activating group) is 1. The number of hydrogen-bond donors (Lipinski definition) is 2. The first-order valence-electron chi connectivity index (χ1n) is 12.9. The average molecular weight is 616 g/mol. The second-order valence-corrected chi connectivity index (χ2v) is 10.9. The Bertz CT molecular complexity index is 1560. The lowest BCUT2D eigenvalue weighted by Gasteiger charge is -2.34. The van der Waals surface area contributed by atoms with E-state index in [1.807, 2.05) is 17.0 Å². The van der Waals surface area contributed by atoms with Crippen molar-refractivity contribution >= 4 is 73.8 Å². The minimum absolute atomic E-state index is 0.0273. The molecule has 1 aliphatic rings. The second kappa shape index (κ2) is 12.5. The minimum atomic E-state index is -0.456. The quantitative estimate of drug-likeness (QED) is 0.257. The van der Waals surface area contributed by atoms with Crippen LogP contribution in [0.1, 0.15) is 27.6 Å². The Kier molecular flexibility index (Phi) is 8.79. The lowest BCUT2D eigenvalue weighted by atomic mass is 10.1. The molecule has 1 aliphatic heterocycles. The molecule has 0 spiro atoms. The van der Waals surface area contributed by atoms with Gasteiger partial charge in [0.05, 0.1) is 35.7 Å². The number of thiophene rings is 1. The van der Waals surface area contributed by atoms with Gasteiger partial charge in [-0.3, -0.25) is 9.59 Å². The number of nitrogens with one attached hydrogen (secondary N) is 2. The SMILES string of the molecule is CCN1CCN(C(=O)c2ccc(Nc3ncnc4c(C(=O)Nc5c(Cl)c(OC)cc(OC)c5Cl)csc34)cc2)CC1. The Morgan fingerprint density at radius 3 is 2.27 bits per heavy atom. The highest BCUT2D eigenvalue weighted by Crippen LogP contribution is 2.44. The van der Waals surface area contributed by atoms with Crippen LogP contribution in [0.2, 0.25) is 10.0 Å². The zero-order chi connectivity index (χ0) is 29.1. The summed E-state index contributed by atoms with van der Waals surface area (Å²) < 4.78 is 11.3. The maximum atomic E-state index is 13.3. The van der Waals surface area contributed by atoms with Gasteiger partial charge >= 0.3 is 0 Å². The van der Waals surface area contributed by atoms with Crippen LogP contribution in [0.25, 0.3) is 10.2 Å². The predicted octanol–water partition coefficient (Wildman–Crippen LogP) is 5.79. The summed E-state index contributed by atoms with van der Waals surface area (Å²) in [5.41, 5.74) is 2.34. The molecule has 0 saturated carbocycles. The number of aromatic nitrogens is 2. The predicted molar refractivity (Wildman–Crippen MR) is 163 cm³/mol. The zero-order valence-corrected chi connectivity index (χ0v) is 25.0. The zero-order valence-electron chi connectivity index (χ0n) is 22.7. The van der Waals surface area contributed by atoms with E-state index >= 15 is 0 Å². The molecule has 10 nitrogen and oxygen atoms in total. The number of anilines is 3. The van der Waals surface area contributed by atoms with Crippen LogP contribution >= 0.6 is 34.5 Å². The van der Waals surface area contributed by atoms with Crippen molar-refractivity contribution in [3.8, 4) is 11.5 Å². The summed E-state index contributed by atoms with van der Waals surface area (Å²) in [4.78, 5) is 39.2. The average Bonchev–Trinajstić information content (AvgIpc) is 3.45. The Hall–Kier alpha value is -3.64. The van der Waals surface area contributed by atoms with Crippen molar-refractivity contribution < 1.29 is 19.1 Å². The number of benzene rings is 2. The van der Waals surface area contributed by atoms with E-state index in [4.69, 9.17) is 32.7 Å². The number of carbonyl (C=O) groups excluding carboxylic acids is 2. The van der Waals surface area contributed by atoms with Gasteiger partial charge < -0.3 is 29.9 Å². The molecule has 2 aromatic heterocycles. The van der Waals surface area contributed by atoms with Crippen LogP contribution < -0.4 is 20.1 Å². The molecule has 3 heterocycles. The third-order valence-electron chi connectivity index (χ3n) is 6.91. The fraction of sp³-hybridized carbons (Fsp3) is 0.286. The van der Waals surface area contributed by atoms with Crippen LogP contribution in [0.3, 0.4) is 0 Å². The monoisotopic (exact) mass is 614 g/mol. The molecule has 0 aliphatic carbocycles. The van der Waals surface area contributed by atoms with Gasteiger partial charge in [0, 0.05) is 48.9 Å². The standard InChI is InChI=1S/C28H28Cl2N6O4S/c1-4-35-9-11-36(12-10-35)28(38)16-5-7-17(8-6-16)33-26-25-23(31-15-32-26)18(14-41-25)27(37)34-24-21(29)19(39-2)13-20(40-3)22(24)30/h5-8,13-15H,4,9-12H2,1-3H3,(H,34,37)(H,31,32,33). The van der Waals surface area contributed by atoms with Gasteiger partial charge in [0.15, 0.2) is 5.82 Å². The van der Waals surface area contributed by atoms with Gasteiger partial charge in [-0.15, -0.1) is 11.3 Å². The molecule has 1 saturated heterocycles. The molecule has 5 rings (SSSR count). The number of carbonyl (C=O) groups is 2. The Morgan fingerprint density at radius 2 is 1.66 bits per heavy atom. The van der Waals surface area contributed by atoms with Crippen LogP contribution in [-0.2, 0) is 0 Å². The van der Waals surface area contributed by atoms with Gasteiger partial charge in [-0.05, 0) is 30.8 Å². The molecule has 0 radical (unpaired) electrons. The van der Waals surface area contributed by atoms with Crippen molar-refractivity contribution in [2.75, 3.05) is 57.6 Å². The van der Waals surface area contributed by atoms with Crippen LogP contribution in [0.4, 0.5) is 17.2 Å². The van der Waals surface area contributed by atoms with Gasteiger partial charge in [0.1, 0.15) is 27.9 Å². The molecule has 0 bridgehead atoms. The smallest absolute Gasteiger partial charge is 0.258 e. The first-order chi connectivity index (χ1) is 19.8. The van der Waals surface area contributed by atoms with Gasteiger partial charge in [0.25, 0.3) is 11.8 Å². The number of nitrogens with zero attached hydrogens (tertiary/aromatic N) is 4. The largest absolute Gasteiger partial charge is 0.495 e. The lowest BCUT2D eigenvalue weighted by Crippen LogP contribution is -2.48. The van der Waals surface area contributed by atoms with Crippen molar-refractivity contribution in [2.45, 2.75) is 6.92 Å². The van der Waals surface area contributed by atoms with Crippen molar-refractivity contribution in [3.63, 3.8) is 0 Å². The molecular formula is C28H28Cl2N6O4S. The number of methoxy groups -OCH3 is 2. The van der Waals surface area contributed by atoms with E-state index in [-0.39, 0.29) is 21.6 Å². The summed E-state index contributed by atoms with van der Waals surface area (Å²) in [6, 6.07) is 8.83. The molecule has 2 amide bonds. The number of rotatable bonds is 8. The highest BCUT2D eigenvalue weighted by atomic mass is 35.5. The van der Waals surface area contributed by atoms with Crippen LogP contribution in [0.5, 0.6) is 11.5 Å². The molecule has 0 unspecified atom stereocenters. The molecule has 214 valence electrons. The maximum absolute atomic E-state index is 13.3. The number of piperazine rings is 1. The third-order valence-corrected chi connectivity index (χ3v) is 8.64. The van der Waals surface area contributed by atoms with E-state index in [0.717, 1.165) is 38.4 Å². The van der Waals surface area contributed by atoms with Crippen molar-refractivity contribution in [2.24, 2.45) is 0 Å². The topological polar surface area (TPSA) is 109 Å². The molecule has 1 fully saturated rings. The number of hydrogen-bond acceptors (Lipinski definition) is 9. The molecule has 41 heavy (non-hydrogen) atoms. The van der Waals surface area contributed by atoms with Crippen LogP contribution in [0, 0.1) is 0 Å². The van der Waals surface area contributed by atoms with E-state index in [1.165, 1.54) is 31.9 Å². The van der Waals surface area contributed by atoms with Crippen molar-refractivity contribution in [1.29, 1.82) is 0 Å². The number of fused-ring (bicyclic) bond motifs is 1. The summed E-state index contributed by atoms with van der Waals surface area (Å²) in [5, 5.41) is 8.03. The van der Waals surface area contributed by atoms with E-state index in [1.54, 1.807) is 23.6 Å². The molecule has 2 aromatic carbocycles. The van der Waals surface area contributed by atoms with Crippen LogP contribution in [0.15, 0.2) is 42.0 Å². The Balaban J connectivity index is 1.33. The molecular weight excluding hydrogens is 587 g/mol. The number of ether oxygens (including phenoxy) is 2. The highest BCUT2D eigenvalue weighted by Gasteiger charge is 2.23. The van der Waals surface area contributed by atoms with Gasteiger partial charge in [-0.2, -0.15) is 0 Å². The van der Waals surface area contributed by atoms with Gasteiger partial charge in [-0.1, -0.05) is 30.1 Å². The van der Waals surface area contributed by atoms with E-state index < -0.39 is 5.91 Å². The summed E-state index contributed by atoms with van der Waals surface area (Å²) in [5.74, 6) is 0.716. The molecule has 2 N–H and O–H groups in total. The summed E-state index contributed by atoms with van der Waals surface area (Å²) in [6.07, 6.45) is 1.39. The molecule has 4 aromatic rings. The summed E-state index contributed by atoms with van der Waals surface area (Å²) in [6.45, 7) is 6.36. The Morgan fingerprint density at radius 1 is 1.00 bits per heavy atom. The van der Waals surface area contributed by atoms with Crippen LogP contribution in [-0.4, -0.2) is 78.5 Å².